The summed E-state index contributed by atoms with van der Waals surface area (Å²) in [6, 6.07) is 0. The largest absolute Gasteiger partial charge is 0.340 e. The minimum atomic E-state index is -0.917. The van der Waals surface area contributed by atoms with Crippen LogP contribution >= 0.6 is 0 Å². The Balaban J connectivity index is 2.45. The molecule has 0 aliphatic rings. The number of aryl methyl sites for hydroxylation is 1. The fourth-order valence-corrected chi connectivity index (χ4v) is 0.703. The summed E-state index contributed by atoms with van der Waals surface area (Å²) in [5.41, 5.74) is 1.70. The van der Waals surface area contributed by atoms with E-state index in [1.54, 1.807) is 12.5 Å². The highest BCUT2D eigenvalue weighted by molar-refractivity contribution is 6.34. The molecule has 0 bridgehead atoms. The van der Waals surface area contributed by atoms with Gasteiger partial charge >= 0.3 is 11.8 Å². The number of nitrogens with one attached hydrogen (secondary N) is 2. The standard InChI is InChI=1S/C5H9N7O2/c1-12-3(9-10-11-12)2-7-4(13)5(14)8-6/h2,6H2,1H3,(H,7,13)(H,8,14). The zero-order valence-corrected chi connectivity index (χ0v) is 7.39. The van der Waals surface area contributed by atoms with Gasteiger partial charge in [-0.3, -0.25) is 15.0 Å². The molecule has 4 N–H and O–H groups in total. The lowest BCUT2D eigenvalue weighted by atomic mass is 10.5. The fourth-order valence-electron chi connectivity index (χ4n) is 0.703. The van der Waals surface area contributed by atoms with Crippen LogP contribution in [0.25, 0.3) is 0 Å². The number of nitrogens with two attached hydrogens (primary N) is 1. The molecular formula is C5H9N7O2. The third-order valence-corrected chi connectivity index (χ3v) is 1.45. The maximum atomic E-state index is 10.9. The lowest BCUT2D eigenvalue weighted by molar-refractivity contribution is -0.139. The molecule has 0 fully saturated rings. The maximum absolute atomic E-state index is 10.9. The van der Waals surface area contributed by atoms with Crippen molar-refractivity contribution in [3.05, 3.63) is 5.82 Å². The van der Waals surface area contributed by atoms with Gasteiger partial charge in [0.2, 0.25) is 0 Å². The first-order valence-corrected chi connectivity index (χ1v) is 3.65. The van der Waals surface area contributed by atoms with Crippen molar-refractivity contribution in [2.75, 3.05) is 0 Å². The monoisotopic (exact) mass is 199 g/mol. The van der Waals surface area contributed by atoms with Gasteiger partial charge in [-0.15, -0.1) is 5.10 Å². The quantitative estimate of drug-likeness (QED) is 0.199. The average Bonchev–Trinajstić information content (AvgIpc) is 2.59. The van der Waals surface area contributed by atoms with E-state index in [4.69, 9.17) is 5.84 Å². The van der Waals surface area contributed by atoms with E-state index in [2.05, 4.69) is 20.8 Å². The van der Waals surface area contributed by atoms with Crippen molar-refractivity contribution in [2.45, 2.75) is 6.54 Å². The summed E-state index contributed by atoms with van der Waals surface area (Å²) in [5, 5.41) is 12.8. The Kier molecular flexibility index (Phi) is 3.07. The van der Waals surface area contributed by atoms with Crippen LogP contribution < -0.4 is 16.6 Å². The highest BCUT2D eigenvalue weighted by Gasteiger charge is 2.12. The Hall–Kier alpha value is -2.03. The first-order chi connectivity index (χ1) is 6.65. The van der Waals surface area contributed by atoms with Gasteiger partial charge in [0.05, 0.1) is 6.54 Å². The molecule has 9 heteroatoms. The lowest BCUT2D eigenvalue weighted by Gasteiger charge is -2.01. The molecule has 0 radical (unpaired) electrons. The molecule has 0 saturated heterocycles. The average molecular weight is 199 g/mol. The van der Waals surface area contributed by atoms with Crippen LogP contribution in [0, 0.1) is 0 Å². The van der Waals surface area contributed by atoms with Crippen LogP contribution in [0.1, 0.15) is 5.82 Å². The summed E-state index contributed by atoms with van der Waals surface area (Å²) in [4.78, 5) is 21.5. The molecule has 14 heavy (non-hydrogen) atoms. The Morgan fingerprint density at radius 3 is 2.71 bits per heavy atom. The number of hydrogen-bond donors (Lipinski definition) is 3. The van der Waals surface area contributed by atoms with Crippen molar-refractivity contribution in [3.63, 3.8) is 0 Å². The number of nitrogens with zero attached hydrogens (tertiary/aromatic N) is 4. The van der Waals surface area contributed by atoms with Gasteiger partial charge in [0.25, 0.3) is 0 Å². The highest BCUT2D eigenvalue weighted by atomic mass is 16.2. The zero-order chi connectivity index (χ0) is 10.6. The van der Waals surface area contributed by atoms with Gasteiger partial charge in [-0.1, -0.05) is 0 Å². The smallest absolute Gasteiger partial charge is 0.323 e. The molecular weight excluding hydrogens is 190 g/mol. The summed E-state index contributed by atoms with van der Waals surface area (Å²) in [6.45, 7) is 0.0652. The molecule has 0 spiro atoms. The van der Waals surface area contributed by atoms with E-state index in [0.717, 1.165) is 0 Å². The summed E-state index contributed by atoms with van der Waals surface area (Å²) < 4.78 is 1.38. The number of aromatic nitrogens is 4. The second-order valence-electron chi connectivity index (χ2n) is 2.37. The number of hydrogen-bond acceptors (Lipinski definition) is 6. The van der Waals surface area contributed by atoms with E-state index in [-0.39, 0.29) is 6.54 Å². The van der Waals surface area contributed by atoms with Gasteiger partial charge in [0.1, 0.15) is 0 Å². The van der Waals surface area contributed by atoms with Crippen molar-refractivity contribution in [2.24, 2.45) is 12.9 Å². The first kappa shape index (κ1) is 10.1. The van der Waals surface area contributed by atoms with Crippen LogP contribution in [-0.4, -0.2) is 32.0 Å². The molecule has 0 unspecified atom stereocenters. The predicted octanol–water partition coefficient (Wildman–Crippen LogP) is -3.18. The zero-order valence-electron chi connectivity index (χ0n) is 7.39. The Morgan fingerprint density at radius 1 is 1.50 bits per heavy atom. The molecule has 1 aromatic heterocycles. The van der Waals surface area contributed by atoms with Crippen molar-refractivity contribution in [3.8, 4) is 0 Å². The molecule has 9 nitrogen and oxygen atoms in total. The summed E-state index contributed by atoms with van der Waals surface area (Å²) in [7, 11) is 1.62. The van der Waals surface area contributed by atoms with Crippen molar-refractivity contribution >= 4 is 11.8 Å². The van der Waals surface area contributed by atoms with Crippen molar-refractivity contribution in [1.29, 1.82) is 0 Å². The molecule has 1 rings (SSSR count). The Morgan fingerprint density at radius 2 is 2.21 bits per heavy atom. The lowest BCUT2D eigenvalue weighted by Crippen LogP contribution is -2.43. The number of hydrazine groups is 1. The second-order valence-corrected chi connectivity index (χ2v) is 2.37. The molecule has 1 heterocycles. The van der Waals surface area contributed by atoms with E-state index >= 15 is 0 Å². The summed E-state index contributed by atoms with van der Waals surface area (Å²) >= 11 is 0. The van der Waals surface area contributed by atoms with E-state index in [1.165, 1.54) is 4.68 Å². The van der Waals surface area contributed by atoms with E-state index in [9.17, 15) is 9.59 Å². The predicted molar refractivity (Wildman–Crippen MR) is 43.0 cm³/mol. The Labute approximate surface area is 78.6 Å². The van der Waals surface area contributed by atoms with Crippen molar-refractivity contribution in [1.82, 2.24) is 30.9 Å². The van der Waals surface area contributed by atoms with Crippen LogP contribution in [0.2, 0.25) is 0 Å². The van der Waals surface area contributed by atoms with Gasteiger partial charge in [0, 0.05) is 7.05 Å². The van der Waals surface area contributed by atoms with E-state index < -0.39 is 11.8 Å². The maximum Gasteiger partial charge on any atom is 0.323 e. The van der Waals surface area contributed by atoms with Gasteiger partial charge < -0.3 is 5.32 Å². The molecule has 0 aromatic carbocycles. The molecule has 0 atom stereocenters. The molecule has 1 aromatic rings. The van der Waals surface area contributed by atoms with Crippen molar-refractivity contribution < 1.29 is 9.59 Å². The van der Waals surface area contributed by atoms with Crippen LogP contribution in [0.5, 0.6) is 0 Å². The number of tetrazole rings is 1. The molecule has 76 valence electrons. The highest BCUT2D eigenvalue weighted by Crippen LogP contribution is 1.86. The van der Waals surface area contributed by atoms with Gasteiger partial charge in [-0.2, -0.15) is 0 Å². The SMILES string of the molecule is Cn1nnnc1CNC(=O)C(=O)NN. The topological polar surface area (TPSA) is 128 Å². The fraction of sp³-hybridized carbons (Fsp3) is 0.400. The molecule has 0 aliphatic carbocycles. The minimum absolute atomic E-state index is 0.0652. The minimum Gasteiger partial charge on any atom is -0.340 e. The van der Waals surface area contributed by atoms with Crippen LogP contribution in [0.15, 0.2) is 0 Å². The normalized spacial score (nSPS) is 9.57. The van der Waals surface area contributed by atoms with Crippen LogP contribution in [0.4, 0.5) is 0 Å². The van der Waals surface area contributed by atoms with Crippen LogP contribution in [-0.2, 0) is 23.2 Å². The second kappa shape index (κ2) is 4.28. The summed E-state index contributed by atoms with van der Waals surface area (Å²) in [6.07, 6.45) is 0. The third-order valence-electron chi connectivity index (χ3n) is 1.45. The third kappa shape index (κ3) is 2.23. The summed E-state index contributed by atoms with van der Waals surface area (Å²) in [5.74, 6) is 3.43. The van der Waals surface area contributed by atoms with Gasteiger partial charge in [0.15, 0.2) is 5.82 Å². The van der Waals surface area contributed by atoms with Gasteiger partial charge in [-0.05, 0) is 10.4 Å². The van der Waals surface area contributed by atoms with E-state index in [1.807, 2.05) is 0 Å². The molecule has 0 saturated carbocycles. The van der Waals surface area contributed by atoms with E-state index in [0.29, 0.717) is 5.82 Å². The van der Waals surface area contributed by atoms with Gasteiger partial charge in [-0.25, -0.2) is 10.5 Å². The number of carbonyl (C=O) groups is 2. The number of carbonyl (C=O) groups excluding carboxylic acids is 2. The number of rotatable bonds is 2. The molecule has 2 amide bonds. The number of amides is 2. The Bertz CT molecular complexity index is 346. The van der Waals surface area contributed by atoms with Crippen LogP contribution in [0.3, 0.4) is 0 Å². The first-order valence-electron chi connectivity index (χ1n) is 3.65. The molecule has 0 aliphatic heterocycles.